The van der Waals surface area contributed by atoms with Crippen molar-refractivity contribution in [3.05, 3.63) is 35.1 Å². The summed E-state index contributed by atoms with van der Waals surface area (Å²) in [7, 11) is 0. The van der Waals surface area contributed by atoms with Gasteiger partial charge in [0.25, 0.3) is 5.91 Å². The van der Waals surface area contributed by atoms with E-state index >= 15 is 0 Å². The summed E-state index contributed by atoms with van der Waals surface area (Å²) in [5.41, 5.74) is 1.03. The van der Waals surface area contributed by atoms with E-state index in [1.807, 2.05) is 13.8 Å². The van der Waals surface area contributed by atoms with Crippen molar-refractivity contribution in [1.29, 1.82) is 0 Å². The summed E-state index contributed by atoms with van der Waals surface area (Å²) < 4.78 is 13.8. The smallest absolute Gasteiger partial charge is 0.256 e. The van der Waals surface area contributed by atoms with Gasteiger partial charge < -0.3 is 10.0 Å². The Labute approximate surface area is 125 Å². The molecule has 1 atom stereocenters. The normalized spacial score (nSPS) is 17.8. The maximum absolute atomic E-state index is 13.8. The zero-order valence-electron chi connectivity index (χ0n) is 12.7. The van der Waals surface area contributed by atoms with Crippen LogP contribution in [0.4, 0.5) is 4.39 Å². The highest BCUT2D eigenvalue weighted by Gasteiger charge is 2.26. The van der Waals surface area contributed by atoms with Crippen molar-refractivity contribution in [2.75, 3.05) is 32.8 Å². The summed E-state index contributed by atoms with van der Waals surface area (Å²) >= 11 is 0. The lowest BCUT2D eigenvalue weighted by atomic mass is 10.1. The van der Waals surface area contributed by atoms with E-state index in [9.17, 15) is 14.3 Å². The van der Waals surface area contributed by atoms with E-state index in [0.717, 1.165) is 25.1 Å². The first-order chi connectivity index (χ1) is 10.1. The Bertz CT molecular complexity index is 495. The summed E-state index contributed by atoms with van der Waals surface area (Å²) in [6, 6.07) is 4.76. The van der Waals surface area contributed by atoms with Gasteiger partial charge in [0.1, 0.15) is 5.82 Å². The second-order valence-corrected chi connectivity index (χ2v) is 5.56. The lowest BCUT2D eigenvalue weighted by Gasteiger charge is -2.38. The summed E-state index contributed by atoms with van der Waals surface area (Å²) in [5.74, 6) is -0.706. The van der Waals surface area contributed by atoms with Crippen LogP contribution in [0, 0.1) is 12.7 Å². The number of carbonyl (C=O) groups is 1. The lowest BCUT2D eigenvalue weighted by Crippen LogP contribution is -2.52. The van der Waals surface area contributed by atoms with Crippen LogP contribution < -0.4 is 0 Å². The third-order valence-electron chi connectivity index (χ3n) is 4.15. The Morgan fingerprint density at radius 1 is 1.33 bits per heavy atom. The number of piperazine rings is 1. The molecule has 4 nitrogen and oxygen atoms in total. The number of nitrogens with zero attached hydrogens (tertiary/aromatic N) is 2. The molecule has 1 fully saturated rings. The van der Waals surface area contributed by atoms with E-state index in [1.54, 1.807) is 17.0 Å². The Balaban J connectivity index is 2.02. The van der Waals surface area contributed by atoms with E-state index in [4.69, 9.17) is 0 Å². The molecular formula is C16H23FN2O2. The van der Waals surface area contributed by atoms with Crippen molar-refractivity contribution < 1.29 is 14.3 Å². The number of rotatable bonds is 4. The highest BCUT2D eigenvalue weighted by molar-refractivity contribution is 5.94. The Morgan fingerprint density at radius 2 is 2.00 bits per heavy atom. The van der Waals surface area contributed by atoms with Crippen molar-refractivity contribution in [3.63, 3.8) is 0 Å². The standard InChI is InChI=1S/C16H23FN2O2/c1-3-13(11-20)18-6-8-19(9-7-18)16(21)14-10-12(2)4-5-15(14)17/h4-5,10,13,20H,3,6-9,11H2,1-2H3. The molecule has 2 rings (SSSR count). The number of carbonyl (C=O) groups excluding carboxylic acids is 1. The number of hydrogen-bond acceptors (Lipinski definition) is 3. The van der Waals surface area contributed by atoms with E-state index in [-0.39, 0.29) is 24.1 Å². The molecule has 0 saturated carbocycles. The highest BCUT2D eigenvalue weighted by Crippen LogP contribution is 2.15. The fourth-order valence-corrected chi connectivity index (χ4v) is 2.77. The van der Waals surface area contributed by atoms with Crippen molar-refractivity contribution in [3.8, 4) is 0 Å². The van der Waals surface area contributed by atoms with Crippen molar-refractivity contribution in [2.45, 2.75) is 26.3 Å². The predicted octanol–water partition coefficient (Wildman–Crippen LogP) is 1.66. The molecular weight excluding hydrogens is 271 g/mol. The molecule has 1 unspecified atom stereocenters. The molecule has 1 aromatic carbocycles. The van der Waals surface area contributed by atoms with Crippen molar-refractivity contribution in [1.82, 2.24) is 9.80 Å². The van der Waals surface area contributed by atoms with Gasteiger partial charge in [-0.15, -0.1) is 0 Å². The van der Waals surface area contributed by atoms with E-state index in [2.05, 4.69) is 4.90 Å². The largest absolute Gasteiger partial charge is 0.395 e. The second kappa shape index (κ2) is 7.00. The summed E-state index contributed by atoms with van der Waals surface area (Å²) in [4.78, 5) is 16.3. The van der Waals surface area contributed by atoms with Crippen LogP contribution in [0.3, 0.4) is 0 Å². The molecule has 5 heteroatoms. The number of aliphatic hydroxyl groups is 1. The number of hydrogen-bond donors (Lipinski definition) is 1. The first-order valence-electron chi connectivity index (χ1n) is 7.47. The minimum atomic E-state index is -0.463. The van der Waals surface area contributed by atoms with Gasteiger partial charge in [-0.2, -0.15) is 0 Å². The van der Waals surface area contributed by atoms with Crippen LogP contribution in [-0.2, 0) is 0 Å². The predicted molar refractivity (Wildman–Crippen MR) is 79.8 cm³/mol. The molecule has 0 bridgehead atoms. The molecule has 1 N–H and O–H groups in total. The molecule has 1 heterocycles. The Kier molecular flexibility index (Phi) is 5.31. The third-order valence-corrected chi connectivity index (χ3v) is 4.15. The van der Waals surface area contributed by atoms with Crippen molar-refractivity contribution in [2.24, 2.45) is 0 Å². The van der Waals surface area contributed by atoms with Gasteiger partial charge in [-0.05, 0) is 25.5 Å². The number of benzene rings is 1. The molecule has 0 radical (unpaired) electrons. The molecule has 1 aliphatic heterocycles. The minimum Gasteiger partial charge on any atom is -0.395 e. The van der Waals surface area contributed by atoms with Gasteiger partial charge in [0.2, 0.25) is 0 Å². The molecule has 1 amide bonds. The van der Waals surface area contributed by atoms with Gasteiger partial charge in [-0.25, -0.2) is 4.39 Å². The van der Waals surface area contributed by atoms with Crippen LogP contribution in [0.15, 0.2) is 18.2 Å². The molecule has 0 spiro atoms. The maximum Gasteiger partial charge on any atom is 0.256 e. The molecule has 1 aliphatic rings. The molecule has 1 aromatic rings. The molecule has 116 valence electrons. The maximum atomic E-state index is 13.8. The molecule has 0 aliphatic carbocycles. The molecule has 21 heavy (non-hydrogen) atoms. The monoisotopic (exact) mass is 294 g/mol. The van der Waals surface area contributed by atoms with Crippen LogP contribution in [0.5, 0.6) is 0 Å². The number of halogens is 1. The van der Waals surface area contributed by atoms with Gasteiger partial charge in [-0.1, -0.05) is 18.6 Å². The van der Waals surface area contributed by atoms with Crippen LogP contribution in [-0.4, -0.2) is 59.6 Å². The van der Waals surface area contributed by atoms with Crippen LogP contribution >= 0.6 is 0 Å². The topological polar surface area (TPSA) is 43.8 Å². The Morgan fingerprint density at radius 3 is 2.57 bits per heavy atom. The van der Waals surface area contributed by atoms with Gasteiger partial charge >= 0.3 is 0 Å². The zero-order valence-corrected chi connectivity index (χ0v) is 12.7. The fourth-order valence-electron chi connectivity index (χ4n) is 2.77. The zero-order chi connectivity index (χ0) is 15.4. The summed E-state index contributed by atoms with van der Waals surface area (Å²) in [5, 5.41) is 9.33. The fraction of sp³-hybridized carbons (Fsp3) is 0.562. The summed E-state index contributed by atoms with van der Waals surface area (Å²) in [6.07, 6.45) is 0.886. The van der Waals surface area contributed by atoms with Gasteiger partial charge in [-0.3, -0.25) is 9.69 Å². The average molecular weight is 294 g/mol. The van der Waals surface area contributed by atoms with Gasteiger partial charge in [0, 0.05) is 32.2 Å². The molecule has 0 aromatic heterocycles. The van der Waals surface area contributed by atoms with Crippen LogP contribution in [0.25, 0.3) is 0 Å². The minimum absolute atomic E-state index is 0.136. The second-order valence-electron chi connectivity index (χ2n) is 5.56. The van der Waals surface area contributed by atoms with Gasteiger partial charge in [0.15, 0.2) is 0 Å². The first kappa shape index (κ1) is 15.9. The quantitative estimate of drug-likeness (QED) is 0.918. The number of aryl methyl sites for hydroxylation is 1. The number of aliphatic hydroxyl groups excluding tert-OH is 1. The third kappa shape index (κ3) is 3.60. The Hall–Kier alpha value is -1.46. The molecule has 1 saturated heterocycles. The van der Waals surface area contributed by atoms with Crippen molar-refractivity contribution >= 4 is 5.91 Å². The summed E-state index contributed by atoms with van der Waals surface area (Å²) in [6.45, 7) is 6.61. The average Bonchev–Trinajstić information content (AvgIpc) is 2.51. The van der Waals surface area contributed by atoms with E-state index in [1.165, 1.54) is 6.07 Å². The number of amides is 1. The first-order valence-corrected chi connectivity index (χ1v) is 7.47. The highest BCUT2D eigenvalue weighted by atomic mass is 19.1. The van der Waals surface area contributed by atoms with E-state index < -0.39 is 5.82 Å². The lowest BCUT2D eigenvalue weighted by molar-refractivity contribution is 0.0469. The SMILES string of the molecule is CCC(CO)N1CCN(C(=O)c2cc(C)ccc2F)CC1. The van der Waals surface area contributed by atoms with Gasteiger partial charge in [0.05, 0.1) is 12.2 Å². The van der Waals surface area contributed by atoms with E-state index in [0.29, 0.717) is 13.1 Å². The van der Waals surface area contributed by atoms with Crippen LogP contribution in [0.1, 0.15) is 29.3 Å². The van der Waals surface area contributed by atoms with Crippen LogP contribution in [0.2, 0.25) is 0 Å².